The highest BCUT2D eigenvalue weighted by Crippen LogP contribution is 2.31. The topological polar surface area (TPSA) is 29.5 Å². The average molecular weight is 351 g/mol. The maximum absolute atomic E-state index is 11.7. The maximum Gasteiger partial charge on any atom is 0.138 e. The summed E-state index contributed by atoms with van der Waals surface area (Å²) in [7, 11) is 0. The SMILES string of the molecule is CCC(=O)C1CN(Cc2ccc3c(OC4CCCCC4)cccc3c2)C1. The molecule has 2 aromatic rings. The Morgan fingerprint density at radius 2 is 1.92 bits per heavy atom. The normalized spacial score (nSPS) is 19.4. The largest absolute Gasteiger partial charge is 0.490 e. The minimum absolute atomic E-state index is 0.260. The minimum Gasteiger partial charge on any atom is -0.490 e. The fourth-order valence-corrected chi connectivity index (χ4v) is 4.32. The first-order chi connectivity index (χ1) is 12.7. The standard InChI is InChI=1S/C23H29NO2/c1-2-22(25)19-15-24(16-19)14-17-11-12-21-18(13-17)7-6-10-23(21)26-20-8-4-3-5-9-20/h6-7,10-13,19-20H,2-5,8-9,14-16H2,1H3. The molecule has 0 amide bonds. The monoisotopic (exact) mass is 351 g/mol. The summed E-state index contributed by atoms with van der Waals surface area (Å²) in [5.74, 6) is 1.69. The molecule has 0 aromatic heterocycles. The summed E-state index contributed by atoms with van der Waals surface area (Å²) in [6, 6.07) is 13.1. The number of hydrogen-bond acceptors (Lipinski definition) is 3. The first-order valence-corrected chi connectivity index (χ1v) is 10.2. The van der Waals surface area contributed by atoms with Gasteiger partial charge in [0, 0.05) is 37.4 Å². The molecule has 138 valence electrons. The number of rotatable bonds is 6. The predicted molar refractivity (Wildman–Crippen MR) is 106 cm³/mol. The fourth-order valence-electron chi connectivity index (χ4n) is 4.32. The van der Waals surface area contributed by atoms with Crippen LogP contribution in [0.1, 0.15) is 51.0 Å². The summed E-state index contributed by atoms with van der Waals surface area (Å²) >= 11 is 0. The van der Waals surface area contributed by atoms with E-state index in [1.54, 1.807) is 0 Å². The van der Waals surface area contributed by atoms with E-state index in [1.165, 1.54) is 48.4 Å². The molecule has 1 heterocycles. The van der Waals surface area contributed by atoms with Crippen LogP contribution in [0.4, 0.5) is 0 Å². The predicted octanol–water partition coefficient (Wildman–Crippen LogP) is 4.96. The first kappa shape index (κ1) is 17.5. The zero-order chi connectivity index (χ0) is 17.9. The summed E-state index contributed by atoms with van der Waals surface area (Å²) < 4.78 is 6.33. The van der Waals surface area contributed by atoms with Crippen molar-refractivity contribution >= 4 is 16.6 Å². The van der Waals surface area contributed by atoms with Gasteiger partial charge in [-0.25, -0.2) is 0 Å². The molecule has 1 saturated heterocycles. The number of likely N-dealkylation sites (tertiary alicyclic amines) is 1. The Hall–Kier alpha value is -1.87. The molecule has 1 aliphatic carbocycles. The number of nitrogens with zero attached hydrogens (tertiary/aromatic N) is 1. The number of ketones is 1. The van der Waals surface area contributed by atoms with Crippen LogP contribution in [0.15, 0.2) is 36.4 Å². The molecule has 2 aromatic carbocycles. The Morgan fingerprint density at radius 3 is 2.69 bits per heavy atom. The van der Waals surface area contributed by atoms with Gasteiger partial charge in [0.15, 0.2) is 0 Å². The number of benzene rings is 2. The number of carbonyl (C=O) groups excluding carboxylic acids is 1. The summed E-state index contributed by atoms with van der Waals surface area (Å²) in [5.41, 5.74) is 1.31. The highest BCUT2D eigenvalue weighted by molar-refractivity contribution is 5.89. The van der Waals surface area contributed by atoms with Gasteiger partial charge in [0.2, 0.25) is 0 Å². The zero-order valence-corrected chi connectivity index (χ0v) is 15.7. The Labute approximate surface area is 156 Å². The molecule has 2 aliphatic rings. The summed E-state index contributed by atoms with van der Waals surface area (Å²) in [6.07, 6.45) is 7.33. The van der Waals surface area contributed by atoms with Crippen LogP contribution < -0.4 is 4.74 Å². The molecule has 1 saturated carbocycles. The number of hydrogen-bond donors (Lipinski definition) is 0. The van der Waals surface area contributed by atoms with Gasteiger partial charge in [0.25, 0.3) is 0 Å². The van der Waals surface area contributed by atoms with Crippen LogP contribution in [0.5, 0.6) is 5.75 Å². The van der Waals surface area contributed by atoms with E-state index in [-0.39, 0.29) is 5.92 Å². The summed E-state index contributed by atoms with van der Waals surface area (Å²) in [5, 5.41) is 2.46. The highest BCUT2D eigenvalue weighted by Gasteiger charge is 2.31. The van der Waals surface area contributed by atoms with Crippen LogP contribution in [-0.2, 0) is 11.3 Å². The molecule has 1 aliphatic heterocycles. The van der Waals surface area contributed by atoms with Gasteiger partial charge in [-0.1, -0.05) is 37.6 Å². The van der Waals surface area contributed by atoms with E-state index in [9.17, 15) is 4.79 Å². The van der Waals surface area contributed by atoms with E-state index >= 15 is 0 Å². The molecule has 0 spiro atoms. The smallest absolute Gasteiger partial charge is 0.138 e. The van der Waals surface area contributed by atoms with E-state index in [4.69, 9.17) is 4.74 Å². The zero-order valence-electron chi connectivity index (χ0n) is 15.7. The molecule has 4 rings (SSSR count). The van der Waals surface area contributed by atoms with Crippen LogP contribution >= 0.6 is 0 Å². The van der Waals surface area contributed by atoms with Gasteiger partial charge in [-0.15, -0.1) is 0 Å². The van der Waals surface area contributed by atoms with Crippen molar-refractivity contribution in [3.05, 3.63) is 42.0 Å². The number of carbonyl (C=O) groups is 1. The van der Waals surface area contributed by atoms with Crippen LogP contribution in [0, 0.1) is 5.92 Å². The molecular weight excluding hydrogens is 322 g/mol. The second-order valence-electron chi connectivity index (χ2n) is 7.90. The van der Waals surface area contributed by atoms with E-state index in [2.05, 4.69) is 41.3 Å². The van der Waals surface area contributed by atoms with E-state index < -0.39 is 0 Å². The molecule has 2 fully saturated rings. The van der Waals surface area contributed by atoms with Gasteiger partial charge in [-0.3, -0.25) is 9.69 Å². The van der Waals surface area contributed by atoms with Crippen molar-refractivity contribution in [1.29, 1.82) is 0 Å². The quantitative estimate of drug-likeness (QED) is 0.736. The minimum atomic E-state index is 0.260. The van der Waals surface area contributed by atoms with Crippen molar-refractivity contribution in [3.63, 3.8) is 0 Å². The molecule has 3 heteroatoms. The number of Topliss-reactive ketones (excluding diaryl/α,β-unsaturated/α-hetero) is 1. The molecule has 26 heavy (non-hydrogen) atoms. The first-order valence-electron chi connectivity index (χ1n) is 10.2. The van der Waals surface area contributed by atoms with Gasteiger partial charge in [-0.05, 0) is 48.8 Å². The Bertz CT molecular complexity index is 773. The fraction of sp³-hybridized carbons (Fsp3) is 0.522. The number of ether oxygens (including phenoxy) is 1. The second-order valence-corrected chi connectivity index (χ2v) is 7.90. The Kier molecular flexibility index (Phi) is 5.26. The third-order valence-corrected chi connectivity index (χ3v) is 5.92. The third-order valence-electron chi connectivity index (χ3n) is 5.92. The van der Waals surface area contributed by atoms with Gasteiger partial charge in [0.05, 0.1) is 6.10 Å². The lowest BCUT2D eigenvalue weighted by molar-refractivity contribution is -0.127. The van der Waals surface area contributed by atoms with Crippen molar-refractivity contribution in [2.45, 2.75) is 58.1 Å². The Morgan fingerprint density at radius 1 is 1.12 bits per heavy atom. The van der Waals surface area contributed by atoms with Crippen LogP contribution in [0.2, 0.25) is 0 Å². The average Bonchev–Trinajstić information content (AvgIpc) is 2.64. The van der Waals surface area contributed by atoms with Crippen molar-refractivity contribution in [3.8, 4) is 5.75 Å². The molecule has 0 atom stereocenters. The van der Waals surface area contributed by atoms with Crippen molar-refractivity contribution in [2.75, 3.05) is 13.1 Å². The maximum atomic E-state index is 11.7. The van der Waals surface area contributed by atoms with E-state index in [0.717, 1.165) is 25.4 Å². The Balaban J connectivity index is 1.43. The number of fused-ring (bicyclic) bond motifs is 1. The van der Waals surface area contributed by atoms with Crippen molar-refractivity contribution in [1.82, 2.24) is 4.90 Å². The van der Waals surface area contributed by atoms with Gasteiger partial charge in [0.1, 0.15) is 11.5 Å². The van der Waals surface area contributed by atoms with Gasteiger partial charge in [-0.2, -0.15) is 0 Å². The van der Waals surface area contributed by atoms with Crippen molar-refractivity contribution in [2.24, 2.45) is 5.92 Å². The summed E-state index contributed by atoms with van der Waals surface area (Å²) in [4.78, 5) is 14.1. The molecule has 0 unspecified atom stereocenters. The highest BCUT2D eigenvalue weighted by atomic mass is 16.5. The van der Waals surface area contributed by atoms with Crippen LogP contribution in [-0.4, -0.2) is 29.9 Å². The lowest BCUT2D eigenvalue weighted by Gasteiger charge is -2.38. The van der Waals surface area contributed by atoms with Gasteiger partial charge < -0.3 is 4.74 Å². The van der Waals surface area contributed by atoms with Crippen LogP contribution in [0.3, 0.4) is 0 Å². The van der Waals surface area contributed by atoms with E-state index in [1.807, 2.05) is 6.92 Å². The second kappa shape index (κ2) is 7.79. The lowest BCUT2D eigenvalue weighted by atomic mass is 9.93. The summed E-state index contributed by atoms with van der Waals surface area (Å²) in [6.45, 7) is 4.71. The van der Waals surface area contributed by atoms with Crippen LogP contribution in [0.25, 0.3) is 10.8 Å². The molecule has 0 N–H and O–H groups in total. The van der Waals surface area contributed by atoms with Crippen molar-refractivity contribution < 1.29 is 9.53 Å². The molecule has 0 bridgehead atoms. The van der Waals surface area contributed by atoms with Gasteiger partial charge >= 0.3 is 0 Å². The molecule has 0 radical (unpaired) electrons. The molecule has 3 nitrogen and oxygen atoms in total. The molecular formula is C23H29NO2. The van der Waals surface area contributed by atoms with E-state index in [0.29, 0.717) is 18.3 Å². The lowest BCUT2D eigenvalue weighted by Crippen LogP contribution is -2.49. The third kappa shape index (κ3) is 3.78.